The van der Waals surface area contributed by atoms with Crippen LogP contribution < -0.4 is 10.2 Å². The van der Waals surface area contributed by atoms with Gasteiger partial charge in [0.1, 0.15) is 5.54 Å². The minimum absolute atomic E-state index is 0.202. The number of para-hydroxylation sites is 1. The van der Waals surface area contributed by atoms with Gasteiger partial charge in [0, 0.05) is 6.04 Å². The van der Waals surface area contributed by atoms with Crippen LogP contribution >= 0.6 is 0 Å². The number of nitrogens with zero attached hydrogens (tertiary/aromatic N) is 1. The molecule has 0 saturated carbocycles. The van der Waals surface area contributed by atoms with Gasteiger partial charge in [-0.05, 0) is 38.5 Å². The van der Waals surface area contributed by atoms with Gasteiger partial charge in [0.25, 0.3) is 0 Å². The number of esters is 1. The predicted octanol–water partition coefficient (Wildman–Crippen LogP) is 2.77. The van der Waals surface area contributed by atoms with Crippen molar-refractivity contribution in [3.05, 3.63) is 65.7 Å². The molecule has 2 aliphatic rings. The summed E-state index contributed by atoms with van der Waals surface area (Å²) in [5.74, 6) is -2.69. The molecule has 4 rings (SSSR count). The van der Waals surface area contributed by atoms with E-state index in [9.17, 15) is 14.4 Å². The zero-order chi connectivity index (χ0) is 20.8. The van der Waals surface area contributed by atoms with E-state index in [1.807, 2.05) is 37.3 Å². The minimum Gasteiger partial charge on any atom is -0.465 e. The number of fused-ring (bicyclic) bond motifs is 1. The molecule has 0 unspecified atom stereocenters. The minimum atomic E-state index is -1.29. The third kappa shape index (κ3) is 2.95. The first kappa shape index (κ1) is 19.3. The molecule has 6 heteroatoms. The highest BCUT2D eigenvalue weighted by molar-refractivity contribution is 6.24. The predicted molar refractivity (Wildman–Crippen MR) is 108 cm³/mol. The smallest absolute Gasteiger partial charge is 0.326 e. The molecule has 2 saturated heterocycles. The number of carbonyl (C=O) groups excluding carboxylic acids is 3. The Morgan fingerprint density at radius 2 is 1.72 bits per heavy atom. The van der Waals surface area contributed by atoms with E-state index in [2.05, 4.69) is 5.32 Å². The van der Waals surface area contributed by atoms with Gasteiger partial charge in [-0.3, -0.25) is 19.7 Å². The van der Waals surface area contributed by atoms with Crippen LogP contribution in [0.5, 0.6) is 0 Å². The van der Waals surface area contributed by atoms with E-state index >= 15 is 0 Å². The van der Waals surface area contributed by atoms with Crippen molar-refractivity contribution in [3.63, 3.8) is 0 Å². The van der Waals surface area contributed by atoms with Crippen LogP contribution in [0, 0.1) is 18.8 Å². The highest BCUT2D eigenvalue weighted by atomic mass is 16.5. The van der Waals surface area contributed by atoms with Gasteiger partial charge in [0.15, 0.2) is 0 Å². The van der Waals surface area contributed by atoms with Crippen LogP contribution in [0.25, 0.3) is 0 Å². The van der Waals surface area contributed by atoms with Crippen molar-refractivity contribution >= 4 is 23.5 Å². The first-order valence-electron chi connectivity index (χ1n) is 9.83. The molecule has 1 N–H and O–H groups in total. The van der Waals surface area contributed by atoms with Gasteiger partial charge < -0.3 is 4.74 Å². The molecule has 2 fully saturated rings. The van der Waals surface area contributed by atoms with Crippen molar-refractivity contribution in [2.45, 2.75) is 32.4 Å². The average Bonchev–Trinajstić information content (AvgIpc) is 3.17. The Morgan fingerprint density at radius 3 is 2.34 bits per heavy atom. The fourth-order valence-electron chi connectivity index (χ4n) is 4.50. The van der Waals surface area contributed by atoms with E-state index in [0.717, 1.165) is 11.1 Å². The second-order valence-corrected chi connectivity index (χ2v) is 7.81. The molecule has 4 atom stereocenters. The number of imide groups is 1. The summed E-state index contributed by atoms with van der Waals surface area (Å²) in [5.41, 5.74) is 1.20. The lowest BCUT2D eigenvalue weighted by molar-refractivity contribution is -0.153. The van der Waals surface area contributed by atoms with Crippen molar-refractivity contribution < 1.29 is 19.1 Å². The number of benzene rings is 2. The number of amides is 2. The summed E-state index contributed by atoms with van der Waals surface area (Å²) < 4.78 is 5.28. The molecule has 2 aromatic rings. The van der Waals surface area contributed by atoms with Crippen LogP contribution in [0.15, 0.2) is 54.6 Å². The number of hydrogen-bond donors (Lipinski definition) is 1. The Bertz CT molecular complexity index is 957. The maximum Gasteiger partial charge on any atom is 0.326 e. The molecule has 0 bridgehead atoms. The van der Waals surface area contributed by atoms with Gasteiger partial charge in [0.05, 0.1) is 24.1 Å². The van der Waals surface area contributed by atoms with Crippen LogP contribution in [-0.2, 0) is 19.1 Å². The van der Waals surface area contributed by atoms with Crippen molar-refractivity contribution in [2.75, 3.05) is 11.5 Å². The zero-order valence-electron chi connectivity index (χ0n) is 16.7. The molecule has 0 spiro atoms. The summed E-state index contributed by atoms with van der Waals surface area (Å²) in [5, 5.41) is 3.28. The van der Waals surface area contributed by atoms with E-state index in [0.29, 0.717) is 5.69 Å². The number of rotatable bonds is 4. The summed E-state index contributed by atoms with van der Waals surface area (Å²) in [4.78, 5) is 40.9. The van der Waals surface area contributed by atoms with Crippen LogP contribution in [0.2, 0.25) is 0 Å². The lowest BCUT2D eigenvalue weighted by Crippen LogP contribution is -2.54. The lowest BCUT2D eigenvalue weighted by atomic mass is 9.80. The van der Waals surface area contributed by atoms with Gasteiger partial charge in [0.2, 0.25) is 11.8 Å². The van der Waals surface area contributed by atoms with Crippen LogP contribution in [0.3, 0.4) is 0 Å². The fraction of sp³-hybridized carbons (Fsp3) is 0.348. The molecular formula is C23H24N2O4. The Morgan fingerprint density at radius 1 is 1.07 bits per heavy atom. The molecule has 0 aliphatic carbocycles. The number of anilines is 1. The third-order valence-electron chi connectivity index (χ3n) is 5.94. The molecular weight excluding hydrogens is 368 g/mol. The molecule has 0 radical (unpaired) electrons. The van der Waals surface area contributed by atoms with E-state index < -0.39 is 29.4 Å². The van der Waals surface area contributed by atoms with Gasteiger partial charge in [-0.25, -0.2) is 4.90 Å². The molecule has 150 valence electrons. The monoisotopic (exact) mass is 392 g/mol. The van der Waals surface area contributed by atoms with Crippen molar-refractivity contribution in [2.24, 2.45) is 11.8 Å². The molecule has 2 heterocycles. The van der Waals surface area contributed by atoms with Gasteiger partial charge in [-0.15, -0.1) is 0 Å². The number of hydrogen-bond acceptors (Lipinski definition) is 5. The first-order chi connectivity index (χ1) is 13.9. The molecule has 0 aromatic heterocycles. The van der Waals surface area contributed by atoms with Gasteiger partial charge >= 0.3 is 5.97 Å². The van der Waals surface area contributed by atoms with E-state index in [4.69, 9.17) is 4.74 Å². The second kappa shape index (κ2) is 7.12. The summed E-state index contributed by atoms with van der Waals surface area (Å²) in [7, 11) is 0. The Balaban J connectivity index is 1.81. The molecule has 2 aromatic carbocycles. The summed E-state index contributed by atoms with van der Waals surface area (Å²) in [6.45, 7) is 5.57. The SMILES string of the molecule is CCOC(=O)[C@]1(C)N[C@@H](c2ccc(C)cc2)[C@H]2C(=O)N(c3ccccc3)C(=O)[C@H]21. The van der Waals surface area contributed by atoms with Gasteiger partial charge in [-0.1, -0.05) is 48.0 Å². The quantitative estimate of drug-likeness (QED) is 0.640. The largest absolute Gasteiger partial charge is 0.465 e. The van der Waals surface area contributed by atoms with Crippen molar-refractivity contribution in [1.82, 2.24) is 5.32 Å². The lowest BCUT2D eigenvalue weighted by Gasteiger charge is -2.29. The topological polar surface area (TPSA) is 75.7 Å². The third-order valence-corrected chi connectivity index (χ3v) is 5.94. The number of ether oxygens (including phenoxy) is 1. The number of nitrogens with one attached hydrogen (secondary N) is 1. The van der Waals surface area contributed by atoms with Crippen LogP contribution in [0.1, 0.15) is 31.0 Å². The zero-order valence-corrected chi connectivity index (χ0v) is 16.7. The molecule has 2 aliphatic heterocycles. The average molecular weight is 392 g/mol. The molecule has 6 nitrogen and oxygen atoms in total. The summed E-state index contributed by atoms with van der Waals surface area (Å²) >= 11 is 0. The summed E-state index contributed by atoms with van der Waals surface area (Å²) in [6, 6.07) is 16.2. The van der Waals surface area contributed by atoms with E-state index in [-0.39, 0.29) is 18.4 Å². The Labute approximate surface area is 169 Å². The standard InChI is InChI=1S/C23H24N2O4/c1-4-29-22(28)23(3)18-17(19(24-23)15-12-10-14(2)11-13-15)20(26)25(21(18)27)16-8-6-5-7-9-16/h5-13,17-19,24H,4H2,1-3H3/t17-,18-,19-,23+/m0/s1. The molecule has 2 amide bonds. The Hall–Kier alpha value is -2.99. The fourth-order valence-corrected chi connectivity index (χ4v) is 4.50. The number of carbonyl (C=O) groups is 3. The molecule has 29 heavy (non-hydrogen) atoms. The Kier molecular flexibility index (Phi) is 4.74. The maximum absolute atomic E-state index is 13.4. The summed E-state index contributed by atoms with van der Waals surface area (Å²) in [6.07, 6.45) is 0. The highest BCUT2D eigenvalue weighted by Crippen LogP contribution is 2.49. The van der Waals surface area contributed by atoms with Crippen molar-refractivity contribution in [3.8, 4) is 0 Å². The normalized spacial score (nSPS) is 28.5. The van der Waals surface area contributed by atoms with E-state index in [1.165, 1.54) is 4.90 Å². The van der Waals surface area contributed by atoms with Crippen LogP contribution in [0.4, 0.5) is 5.69 Å². The maximum atomic E-state index is 13.4. The van der Waals surface area contributed by atoms with E-state index in [1.54, 1.807) is 38.1 Å². The van der Waals surface area contributed by atoms with Gasteiger partial charge in [-0.2, -0.15) is 0 Å². The first-order valence-corrected chi connectivity index (χ1v) is 9.83. The van der Waals surface area contributed by atoms with Crippen molar-refractivity contribution in [1.29, 1.82) is 0 Å². The second-order valence-electron chi connectivity index (χ2n) is 7.81. The highest BCUT2D eigenvalue weighted by Gasteiger charge is 2.67. The van der Waals surface area contributed by atoms with Crippen LogP contribution in [-0.4, -0.2) is 29.9 Å². The number of aryl methyl sites for hydroxylation is 1.